The largest absolute Gasteiger partial charge is 0.399 e. The van der Waals surface area contributed by atoms with Gasteiger partial charge in [0.05, 0.1) is 0 Å². The van der Waals surface area contributed by atoms with Crippen LogP contribution in [0, 0.1) is 5.82 Å². The highest BCUT2D eigenvalue weighted by molar-refractivity contribution is 5.73. The fourth-order valence-electron chi connectivity index (χ4n) is 2.18. The third-order valence-electron chi connectivity index (χ3n) is 2.87. The molecule has 1 saturated heterocycles. The summed E-state index contributed by atoms with van der Waals surface area (Å²) in [6.45, 7) is 3.00. The standard InChI is InChI=1S/C12H16FN3O/c1-8(17)15-11-2-3-16(7-11)12-5-9(13)4-10(14)6-12/h4-6,11H,2-3,7,14H2,1H3,(H,15,17). The van der Waals surface area contributed by atoms with Crippen LogP contribution < -0.4 is 16.0 Å². The molecule has 3 N–H and O–H groups in total. The molecule has 1 amide bonds. The maximum Gasteiger partial charge on any atom is 0.217 e. The number of carbonyl (C=O) groups is 1. The molecular weight excluding hydrogens is 221 g/mol. The second-order valence-electron chi connectivity index (χ2n) is 4.37. The van der Waals surface area contributed by atoms with Gasteiger partial charge in [0.2, 0.25) is 5.91 Å². The Hall–Kier alpha value is -1.78. The molecule has 1 heterocycles. The number of rotatable bonds is 2. The summed E-state index contributed by atoms with van der Waals surface area (Å²) >= 11 is 0. The molecule has 1 aliphatic rings. The van der Waals surface area contributed by atoms with E-state index in [0.29, 0.717) is 12.2 Å². The molecule has 2 rings (SSSR count). The molecule has 5 heteroatoms. The van der Waals surface area contributed by atoms with E-state index in [0.717, 1.165) is 18.7 Å². The Balaban J connectivity index is 2.07. The Kier molecular flexibility index (Phi) is 3.17. The average molecular weight is 237 g/mol. The Morgan fingerprint density at radius 3 is 2.94 bits per heavy atom. The molecule has 4 nitrogen and oxygen atoms in total. The lowest BCUT2D eigenvalue weighted by molar-refractivity contribution is -0.119. The van der Waals surface area contributed by atoms with E-state index in [9.17, 15) is 9.18 Å². The van der Waals surface area contributed by atoms with Crippen molar-refractivity contribution in [2.24, 2.45) is 0 Å². The number of nitrogens with one attached hydrogen (secondary N) is 1. The number of amides is 1. The maximum atomic E-state index is 13.2. The van der Waals surface area contributed by atoms with Crippen LogP contribution in [-0.2, 0) is 4.79 Å². The van der Waals surface area contributed by atoms with Crippen molar-refractivity contribution in [1.29, 1.82) is 0 Å². The van der Waals surface area contributed by atoms with Crippen LogP contribution in [0.25, 0.3) is 0 Å². The molecule has 0 bridgehead atoms. The quantitative estimate of drug-likeness (QED) is 0.758. The van der Waals surface area contributed by atoms with Gasteiger partial charge in [-0.3, -0.25) is 4.79 Å². The van der Waals surface area contributed by atoms with E-state index in [1.54, 1.807) is 6.07 Å². The fraction of sp³-hybridized carbons (Fsp3) is 0.417. The van der Waals surface area contributed by atoms with E-state index < -0.39 is 0 Å². The van der Waals surface area contributed by atoms with Gasteiger partial charge in [-0.15, -0.1) is 0 Å². The van der Waals surface area contributed by atoms with Crippen LogP contribution in [0.2, 0.25) is 0 Å². The summed E-state index contributed by atoms with van der Waals surface area (Å²) in [5.74, 6) is -0.362. The van der Waals surface area contributed by atoms with Crippen molar-refractivity contribution in [3.05, 3.63) is 24.0 Å². The number of carbonyl (C=O) groups excluding carboxylic acids is 1. The van der Waals surface area contributed by atoms with Crippen LogP contribution >= 0.6 is 0 Å². The third-order valence-corrected chi connectivity index (χ3v) is 2.87. The molecule has 0 aliphatic carbocycles. The molecule has 92 valence electrons. The number of hydrogen-bond donors (Lipinski definition) is 2. The Morgan fingerprint density at radius 2 is 2.29 bits per heavy atom. The monoisotopic (exact) mass is 237 g/mol. The van der Waals surface area contributed by atoms with Gasteiger partial charge in [0, 0.05) is 37.4 Å². The van der Waals surface area contributed by atoms with Gasteiger partial charge in [-0.05, 0) is 24.6 Å². The van der Waals surface area contributed by atoms with E-state index >= 15 is 0 Å². The van der Waals surface area contributed by atoms with E-state index in [1.807, 2.05) is 4.90 Å². The number of anilines is 2. The zero-order valence-electron chi connectivity index (χ0n) is 9.74. The molecular formula is C12H16FN3O. The topological polar surface area (TPSA) is 58.4 Å². The van der Waals surface area contributed by atoms with E-state index in [2.05, 4.69) is 5.32 Å². The van der Waals surface area contributed by atoms with Crippen molar-refractivity contribution in [2.45, 2.75) is 19.4 Å². The lowest BCUT2D eigenvalue weighted by Gasteiger charge is -2.19. The van der Waals surface area contributed by atoms with Gasteiger partial charge in [-0.2, -0.15) is 0 Å². The summed E-state index contributed by atoms with van der Waals surface area (Å²) in [6, 6.07) is 4.65. The summed E-state index contributed by atoms with van der Waals surface area (Å²) in [4.78, 5) is 13.0. The Bertz CT molecular complexity index is 416. The van der Waals surface area contributed by atoms with Crippen LogP contribution in [0.15, 0.2) is 18.2 Å². The number of nitrogens with two attached hydrogens (primary N) is 1. The first-order valence-electron chi connectivity index (χ1n) is 5.63. The summed E-state index contributed by atoms with van der Waals surface area (Å²) in [7, 11) is 0. The zero-order valence-corrected chi connectivity index (χ0v) is 9.74. The summed E-state index contributed by atoms with van der Waals surface area (Å²) in [5, 5.41) is 2.87. The molecule has 0 aromatic heterocycles. The summed E-state index contributed by atoms with van der Waals surface area (Å²) in [5.41, 5.74) is 6.80. The van der Waals surface area contributed by atoms with Crippen LogP contribution in [-0.4, -0.2) is 25.0 Å². The minimum atomic E-state index is -0.331. The maximum absolute atomic E-state index is 13.2. The second-order valence-corrected chi connectivity index (χ2v) is 4.37. The molecule has 1 aliphatic heterocycles. The van der Waals surface area contributed by atoms with Crippen molar-refractivity contribution >= 4 is 17.3 Å². The molecule has 1 unspecified atom stereocenters. The number of benzene rings is 1. The van der Waals surface area contributed by atoms with Crippen molar-refractivity contribution in [1.82, 2.24) is 5.32 Å². The molecule has 1 fully saturated rings. The van der Waals surface area contributed by atoms with Gasteiger partial charge < -0.3 is 16.0 Å². The first-order valence-corrected chi connectivity index (χ1v) is 5.63. The van der Waals surface area contributed by atoms with Crippen LogP contribution in [0.3, 0.4) is 0 Å². The number of halogens is 1. The van der Waals surface area contributed by atoms with Crippen molar-refractivity contribution in [2.75, 3.05) is 23.7 Å². The first kappa shape index (κ1) is 11.7. The number of nitrogens with zero attached hydrogens (tertiary/aromatic N) is 1. The zero-order chi connectivity index (χ0) is 12.4. The number of hydrogen-bond acceptors (Lipinski definition) is 3. The molecule has 1 aromatic carbocycles. The van der Waals surface area contributed by atoms with Gasteiger partial charge >= 0.3 is 0 Å². The van der Waals surface area contributed by atoms with Crippen LogP contribution in [0.1, 0.15) is 13.3 Å². The van der Waals surface area contributed by atoms with E-state index in [4.69, 9.17) is 5.73 Å². The predicted molar refractivity (Wildman–Crippen MR) is 65.2 cm³/mol. The summed E-state index contributed by atoms with van der Waals surface area (Å²) in [6.07, 6.45) is 0.871. The highest BCUT2D eigenvalue weighted by Crippen LogP contribution is 2.23. The summed E-state index contributed by atoms with van der Waals surface area (Å²) < 4.78 is 13.2. The van der Waals surface area contributed by atoms with Gasteiger partial charge in [0.1, 0.15) is 5.82 Å². The highest BCUT2D eigenvalue weighted by Gasteiger charge is 2.23. The lowest BCUT2D eigenvalue weighted by atomic mass is 10.2. The molecule has 0 radical (unpaired) electrons. The minimum absolute atomic E-state index is 0.0318. The van der Waals surface area contributed by atoms with Gasteiger partial charge in [0.15, 0.2) is 0 Å². The van der Waals surface area contributed by atoms with Gasteiger partial charge in [0.25, 0.3) is 0 Å². The molecule has 1 atom stereocenters. The number of nitrogen functional groups attached to an aromatic ring is 1. The highest BCUT2D eigenvalue weighted by atomic mass is 19.1. The normalized spacial score (nSPS) is 19.4. The average Bonchev–Trinajstić information content (AvgIpc) is 2.63. The Morgan fingerprint density at radius 1 is 1.53 bits per heavy atom. The van der Waals surface area contributed by atoms with Crippen LogP contribution in [0.4, 0.5) is 15.8 Å². The van der Waals surface area contributed by atoms with Crippen LogP contribution in [0.5, 0.6) is 0 Å². The first-order chi connectivity index (χ1) is 8.04. The van der Waals surface area contributed by atoms with Gasteiger partial charge in [-0.1, -0.05) is 0 Å². The Labute approximate surface area is 99.6 Å². The third kappa shape index (κ3) is 2.87. The predicted octanol–water partition coefficient (Wildman–Crippen LogP) is 1.12. The molecule has 0 saturated carbocycles. The molecule has 17 heavy (non-hydrogen) atoms. The lowest BCUT2D eigenvalue weighted by Crippen LogP contribution is -2.35. The van der Waals surface area contributed by atoms with E-state index in [-0.39, 0.29) is 17.8 Å². The molecule has 1 aromatic rings. The minimum Gasteiger partial charge on any atom is -0.399 e. The SMILES string of the molecule is CC(=O)NC1CCN(c2cc(N)cc(F)c2)C1. The van der Waals surface area contributed by atoms with E-state index in [1.165, 1.54) is 19.1 Å². The smallest absolute Gasteiger partial charge is 0.217 e. The van der Waals surface area contributed by atoms with Crippen molar-refractivity contribution in [3.63, 3.8) is 0 Å². The molecule has 0 spiro atoms. The van der Waals surface area contributed by atoms with Gasteiger partial charge in [-0.25, -0.2) is 4.39 Å². The van der Waals surface area contributed by atoms with Crippen molar-refractivity contribution in [3.8, 4) is 0 Å². The van der Waals surface area contributed by atoms with Crippen molar-refractivity contribution < 1.29 is 9.18 Å². The second kappa shape index (κ2) is 4.61. The fourth-order valence-corrected chi connectivity index (χ4v) is 2.18.